The van der Waals surface area contributed by atoms with Gasteiger partial charge in [0.25, 0.3) is 5.91 Å². The van der Waals surface area contributed by atoms with Crippen LogP contribution in [0.15, 0.2) is 24.4 Å². The summed E-state index contributed by atoms with van der Waals surface area (Å²) in [6, 6.07) is 4.62. The fourth-order valence-corrected chi connectivity index (χ4v) is 4.45. The first-order valence-electron chi connectivity index (χ1n) is 9.80. The third-order valence-electron chi connectivity index (χ3n) is 5.89. The summed E-state index contributed by atoms with van der Waals surface area (Å²) >= 11 is 0. The second-order valence-corrected chi connectivity index (χ2v) is 8.01. The topological polar surface area (TPSA) is 121 Å². The van der Waals surface area contributed by atoms with E-state index >= 15 is 0 Å². The van der Waals surface area contributed by atoms with Gasteiger partial charge in [0.2, 0.25) is 11.9 Å². The molecule has 4 N–H and O–H groups in total. The van der Waals surface area contributed by atoms with Crippen molar-refractivity contribution in [3.8, 4) is 5.75 Å². The molecule has 0 radical (unpaired) electrons. The minimum atomic E-state index is -0.720. The summed E-state index contributed by atoms with van der Waals surface area (Å²) in [6.07, 6.45) is 3.81. The number of primary amides is 1. The molecule has 4 rings (SSSR count). The van der Waals surface area contributed by atoms with Crippen molar-refractivity contribution in [2.45, 2.75) is 45.7 Å². The number of nitrogens with zero attached hydrogens (tertiary/aromatic N) is 3. The monoisotopic (exact) mass is 395 g/mol. The first kappa shape index (κ1) is 19.2. The molecule has 2 aromatic rings. The van der Waals surface area contributed by atoms with Crippen LogP contribution in [0.25, 0.3) is 0 Å². The number of aryl methyl sites for hydroxylation is 1. The van der Waals surface area contributed by atoms with Crippen LogP contribution in [-0.2, 0) is 4.79 Å². The van der Waals surface area contributed by atoms with Crippen molar-refractivity contribution in [3.05, 3.63) is 41.2 Å². The van der Waals surface area contributed by atoms with Crippen LogP contribution in [0.3, 0.4) is 0 Å². The number of aromatic hydroxyl groups is 1. The molecule has 1 aromatic carbocycles. The third-order valence-corrected chi connectivity index (χ3v) is 5.89. The van der Waals surface area contributed by atoms with E-state index in [9.17, 15) is 14.7 Å². The summed E-state index contributed by atoms with van der Waals surface area (Å²) in [5.74, 6) is -0.117. The van der Waals surface area contributed by atoms with E-state index in [2.05, 4.69) is 22.2 Å². The van der Waals surface area contributed by atoms with Crippen molar-refractivity contribution in [1.29, 1.82) is 0 Å². The minimum absolute atomic E-state index is 0.0128. The van der Waals surface area contributed by atoms with Gasteiger partial charge in [0.05, 0.1) is 17.3 Å². The van der Waals surface area contributed by atoms with E-state index in [0.717, 1.165) is 24.1 Å². The van der Waals surface area contributed by atoms with Crippen molar-refractivity contribution in [1.82, 2.24) is 9.97 Å². The van der Waals surface area contributed by atoms with Crippen LogP contribution in [0, 0.1) is 18.8 Å². The van der Waals surface area contributed by atoms with Gasteiger partial charge in [-0.15, -0.1) is 0 Å². The number of amides is 2. The van der Waals surface area contributed by atoms with Crippen LogP contribution in [0.2, 0.25) is 0 Å². The molecule has 2 amide bonds. The number of rotatable bonds is 4. The molecular formula is C21H25N5O3. The smallest absolute Gasteiger partial charge is 0.252 e. The molecule has 2 aliphatic rings. The second kappa shape index (κ2) is 7.02. The summed E-state index contributed by atoms with van der Waals surface area (Å²) in [4.78, 5) is 34.9. The van der Waals surface area contributed by atoms with Crippen molar-refractivity contribution < 1.29 is 14.7 Å². The van der Waals surface area contributed by atoms with Crippen molar-refractivity contribution in [2.24, 2.45) is 17.6 Å². The first-order valence-corrected chi connectivity index (χ1v) is 9.80. The molecule has 8 heteroatoms. The number of nitrogens with one attached hydrogen (secondary N) is 1. The van der Waals surface area contributed by atoms with E-state index in [1.807, 2.05) is 13.0 Å². The number of hydrogen-bond donors (Lipinski definition) is 3. The molecule has 0 saturated heterocycles. The SMILES string of the molecule is CC(=O)N1c2cc(O)c(C(N)=O)cc2C(Nc2nccc(C)n2)C(C)C1C1CC1. The van der Waals surface area contributed by atoms with Gasteiger partial charge in [-0.2, -0.15) is 0 Å². The van der Waals surface area contributed by atoms with Gasteiger partial charge >= 0.3 is 0 Å². The van der Waals surface area contributed by atoms with Crippen LogP contribution >= 0.6 is 0 Å². The maximum absolute atomic E-state index is 12.6. The number of aromatic nitrogens is 2. The lowest BCUT2D eigenvalue weighted by Crippen LogP contribution is -2.51. The second-order valence-electron chi connectivity index (χ2n) is 8.01. The van der Waals surface area contributed by atoms with Crippen LogP contribution in [0.1, 0.15) is 54.3 Å². The normalized spacial score (nSPS) is 23.4. The zero-order valence-electron chi connectivity index (χ0n) is 16.7. The lowest BCUT2D eigenvalue weighted by Gasteiger charge is -2.45. The van der Waals surface area contributed by atoms with Gasteiger partial charge in [0, 0.05) is 36.8 Å². The maximum atomic E-state index is 12.6. The first-order chi connectivity index (χ1) is 13.8. The Bertz CT molecular complexity index is 988. The third kappa shape index (κ3) is 3.39. The summed E-state index contributed by atoms with van der Waals surface area (Å²) in [6.45, 7) is 5.51. The van der Waals surface area contributed by atoms with E-state index in [1.54, 1.807) is 17.2 Å². The molecule has 1 aliphatic heterocycles. The molecule has 0 bridgehead atoms. The van der Waals surface area contributed by atoms with Gasteiger partial charge < -0.3 is 21.1 Å². The Morgan fingerprint density at radius 1 is 1.31 bits per heavy atom. The Labute approximate surface area is 169 Å². The van der Waals surface area contributed by atoms with Crippen molar-refractivity contribution >= 4 is 23.5 Å². The molecular weight excluding hydrogens is 370 g/mol. The van der Waals surface area contributed by atoms with Crippen LogP contribution in [0.5, 0.6) is 5.75 Å². The molecule has 1 aliphatic carbocycles. The number of fused-ring (bicyclic) bond motifs is 1. The van der Waals surface area contributed by atoms with E-state index in [-0.39, 0.29) is 35.2 Å². The summed E-state index contributed by atoms with van der Waals surface area (Å²) in [5.41, 5.74) is 7.64. The zero-order chi connectivity index (χ0) is 20.9. The fraction of sp³-hybridized carbons (Fsp3) is 0.429. The quantitative estimate of drug-likeness (QED) is 0.731. The number of nitrogens with two attached hydrogens (primary N) is 1. The predicted octanol–water partition coefficient (Wildman–Crippen LogP) is 2.52. The number of hydrogen-bond acceptors (Lipinski definition) is 6. The highest BCUT2D eigenvalue weighted by molar-refractivity contribution is 5.99. The van der Waals surface area contributed by atoms with Gasteiger partial charge in [0.1, 0.15) is 5.75 Å². The van der Waals surface area contributed by atoms with Crippen LogP contribution < -0.4 is 16.0 Å². The van der Waals surface area contributed by atoms with E-state index in [1.165, 1.54) is 13.0 Å². The lowest BCUT2D eigenvalue weighted by atomic mass is 9.79. The highest BCUT2D eigenvalue weighted by Crippen LogP contribution is 2.51. The number of anilines is 2. The van der Waals surface area contributed by atoms with Gasteiger partial charge in [-0.1, -0.05) is 6.92 Å². The Morgan fingerprint density at radius 3 is 2.62 bits per heavy atom. The predicted molar refractivity (Wildman–Crippen MR) is 109 cm³/mol. The van der Waals surface area contributed by atoms with Crippen LogP contribution in [-0.4, -0.2) is 32.9 Å². The average Bonchev–Trinajstić information content (AvgIpc) is 3.47. The Morgan fingerprint density at radius 2 is 2.03 bits per heavy atom. The van der Waals surface area contributed by atoms with Gasteiger partial charge in [-0.25, -0.2) is 9.97 Å². The molecule has 2 heterocycles. The highest BCUT2D eigenvalue weighted by Gasteiger charge is 2.48. The molecule has 29 heavy (non-hydrogen) atoms. The minimum Gasteiger partial charge on any atom is -0.507 e. The van der Waals surface area contributed by atoms with E-state index in [0.29, 0.717) is 17.6 Å². The van der Waals surface area contributed by atoms with Crippen LogP contribution in [0.4, 0.5) is 11.6 Å². The van der Waals surface area contributed by atoms with Crippen molar-refractivity contribution in [2.75, 3.05) is 10.2 Å². The molecule has 3 unspecified atom stereocenters. The summed E-state index contributed by atoms with van der Waals surface area (Å²) in [5, 5.41) is 13.8. The van der Waals surface area contributed by atoms with Crippen molar-refractivity contribution in [3.63, 3.8) is 0 Å². The van der Waals surface area contributed by atoms with E-state index < -0.39 is 5.91 Å². The molecule has 0 spiro atoms. The standard InChI is InChI=1S/C21H25N5O3/c1-10-6-7-23-21(24-10)25-18-11(2)19(13-4-5-13)26(12(3)27)16-9-17(28)15(20(22)29)8-14(16)18/h6-9,11,13,18-19,28H,4-5H2,1-3H3,(H2,22,29)(H,23,24,25). The lowest BCUT2D eigenvalue weighted by molar-refractivity contribution is -0.117. The molecule has 152 valence electrons. The summed E-state index contributed by atoms with van der Waals surface area (Å²) in [7, 11) is 0. The zero-order valence-corrected chi connectivity index (χ0v) is 16.7. The number of benzene rings is 1. The highest BCUT2D eigenvalue weighted by atomic mass is 16.3. The molecule has 1 saturated carbocycles. The molecule has 1 aromatic heterocycles. The largest absolute Gasteiger partial charge is 0.507 e. The summed E-state index contributed by atoms with van der Waals surface area (Å²) < 4.78 is 0. The molecule has 8 nitrogen and oxygen atoms in total. The maximum Gasteiger partial charge on any atom is 0.252 e. The van der Waals surface area contributed by atoms with Gasteiger partial charge in [-0.3, -0.25) is 9.59 Å². The number of carbonyl (C=O) groups is 2. The van der Waals surface area contributed by atoms with Gasteiger partial charge in [0.15, 0.2) is 0 Å². The Hall–Kier alpha value is -3.16. The molecule has 1 fully saturated rings. The Kier molecular flexibility index (Phi) is 4.64. The fourth-order valence-electron chi connectivity index (χ4n) is 4.45. The Balaban J connectivity index is 1.87. The van der Waals surface area contributed by atoms with E-state index in [4.69, 9.17) is 5.73 Å². The molecule has 3 atom stereocenters. The number of phenols is 1. The van der Waals surface area contributed by atoms with Gasteiger partial charge in [-0.05, 0) is 43.4 Å². The number of carbonyl (C=O) groups excluding carboxylic acids is 2. The average molecular weight is 395 g/mol.